The van der Waals surface area contributed by atoms with Crippen LogP contribution in [0.15, 0.2) is 41.5 Å². The van der Waals surface area contributed by atoms with Gasteiger partial charge in [0, 0.05) is 36.8 Å². The third-order valence-corrected chi connectivity index (χ3v) is 4.20. The van der Waals surface area contributed by atoms with Crippen LogP contribution in [0.2, 0.25) is 5.02 Å². The van der Waals surface area contributed by atoms with E-state index in [9.17, 15) is 0 Å². The van der Waals surface area contributed by atoms with Gasteiger partial charge >= 0.3 is 0 Å². The van der Waals surface area contributed by atoms with Crippen molar-refractivity contribution in [3.8, 4) is 0 Å². The Morgan fingerprint density at radius 2 is 2.04 bits per heavy atom. The van der Waals surface area contributed by atoms with Gasteiger partial charge in [0.25, 0.3) is 0 Å². The van der Waals surface area contributed by atoms with Crippen LogP contribution in [-0.4, -0.2) is 28.8 Å². The molecule has 0 fully saturated rings. The summed E-state index contributed by atoms with van der Waals surface area (Å²) in [5, 5.41) is 11.6. The molecular formula is C18H27ClIN5. The minimum atomic E-state index is -0.0619. The minimum Gasteiger partial charge on any atom is -0.357 e. The summed E-state index contributed by atoms with van der Waals surface area (Å²) in [7, 11) is 1.92. The zero-order valence-corrected chi connectivity index (χ0v) is 18.3. The van der Waals surface area contributed by atoms with Crippen LogP contribution < -0.4 is 10.6 Å². The molecule has 0 atom stereocenters. The van der Waals surface area contributed by atoms with Crippen LogP contribution in [0.5, 0.6) is 0 Å². The lowest BCUT2D eigenvalue weighted by Crippen LogP contribution is -2.43. The highest BCUT2D eigenvalue weighted by Gasteiger charge is 2.21. The summed E-state index contributed by atoms with van der Waals surface area (Å²) in [4.78, 5) is 4.64. The van der Waals surface area contributed by atoms with Crippen LogP contribution in [0.25, 0.3) is 0 Å². The summed E-state index contributed by atoms with van der Waals surface area (Å²) in [6.07, 6.45) is 1.79. The molecule has 0 bridgehead atoms. The van der Waals surface area contributed by atoms with E-state index in [1.165, 1.54) is 5.56 Å². The standard InChI is InChI=1S/C18H26ClN5.HI/c1-5-20-17(21-12-16-9-10-23-24(16)4)22-13-18(2,3)14-7-6-8-15(19)11-14;/h6-11H,5,12-13H2,1-4H3,(H2,20,21,22);1H. The van der Waals surface area contributed by atoms with Gasteiger partial charge < -0.3 is 10.6 Å². The molecule has 0 aliphatic carbocycles. The Bertz CT molecular complexity index is 696. The number of aromatic nitrogens is 2. The highest BCUT2D eigenvalue weighted by Crippen LogP contribution is 2.24. The van der Waals surface area contributed by atoms with Crippen LogP contribution >= 0.6 is 35.6 Å². The Balaban J connectivity index is 0.00000312. The fourth-order valence-corrected chi connectivity index (χ4v) is 2.56. The quantitative estimate of drug-likeness (QED) is 0.380. The van der Waals surface area contributed by atoms with Gasteiger partial charge in [-0.1, -0.05) is 37.6 Å². The zero-order chi connectivity index (χ0) is 17.6. The number of benzene rings is 1. The molecule has 1 aromatic heterocycles. The number of nitrogens with zero attached hydrogens (tertiary/aromatic N) is 3. The maximum atomic E-state index is 6.12. The Kier molecular flexibility index (Phi) is 8.71. The molecule has 25 heavy (non-hydrogen) atoms. The molecule has 0 radical (unpaired) electrons. The lowest BCUT2D eigenvalue weighted by Gasteiger charge is -2.27. The maximum Gasteiger partial charge on any atom is 0.191 e. The van der Waals surface area contributed by atoms with E-state index in [-0.39, 0.29) is 29.4 Å². The normalized spacial score (nSPS) is 11.8. The molecular weight excluding hydrogens is 449 g/mol. The third-order valence-electron chi connectivity index (χ3n) is 3.97. The van der Waals surface area contributed by atoms with E-state index in [0.29, 0.717) is 6.54 Å². The zero-order valence-electron chi connectivity index (χ0n) is 15.2. The molecule has 1 aromatic carbocycles. The smallest absolute Gasteiger partial charge is 0.191 e. The number of nitrogens with one attached hydrogen (secondary N) is 2. The molecule has 2 N–H and O–H groups in total. The Hall–Kier alpha value is -1.28. The van der Waals surface area contributed by atoms with Crippen molar-refractivity contribution in [2.75, 3.05) is 13.1 Å². The molecule has 1 heterocycles. The predicted molar refractivity (Wildman–Crippen MR) is 116 cm³/mol. The molecule has 0 amide bonds. The van der Waals surface area contributed by atoms with Gasteiger partial charge in [0.1, 0.15) is 0 Å². The molecule has 0 aliphatic heterocycles. The average Bonchev–Trinajstić information content (AvgIpc) is 2.95. The van der Waals surface area contributed by atoms with Crippen molar-refractivity contribution in [1.82, 2.24) is 20.4 Å². The molecule has 0 unspecified atom stereocenters. The number of guanidine groups is 1. The lowest BCUT2D eigenvalue weighted by molar-refractivity contribution is 0.508. The van der Waals surface area contributed by atoms with Crippen LogP contribution in [0.3, 0.4) is 0 Å². The van der Waals surface area contributed by atoms with Crippen molar-refractivity contribution in [2.45, 2.75) is 32.7 Å². The number of aryl methyl sites for hydroxylation is 1. The highest BCUT2D eigenvalue weighted by molar-refractivity contribution is 14.0. The monoisotopic (exact) mass is 475 g/mol. The van der Waals surface area contributed by atoms with Crippen molar-refractivity contribution >= 4 is 41.5 Å². The van der Waals surface area contributed by atoms with Crippen molar-refractivity contribution in [2.24, 2.45) is 12.0 Å². The maximum absolute atomic E-state index is 6.12. The van der Waals surface area contributed by atoms with E-state index < -0.39 is 0 Å². The number of hydrogen-bond acceptors (Lipinski definition) is 2. The summed E-state index contributed by atoms with van der Waals surface area (Å²) in [6, 6.07) is 9.98. The fourth-order valence-electron chi connectivity index (χ4n) is 2.37. The predicted octanol–water partition coefficient (Wildman–Crippen LogP) is 3.72. The molecule has 0 aliphatic rings. The van der Waals surface area contributed by atoms with E-state index in [0.717, 1.165) is 29.8 Å². The van der Waals surface area contributed by atoms with Crippen LogP contribution in [0, 0.1) is 0 Å². The number of hydrogen-bond donors (Lipinski definition) is 2. The summed E-state index contributed by atoms with van der Waals surface area (Å²) in [5.41, 5.74) is 2.21. The Labute approximate surface area is 172 Å². The van der Waals surface area contributed by atoms with Crippen molar-refractivity contribution in [3.05, 3.63) is 52.8 Å². The molecule has 138 valence electrons. The lowest BCUT2D eigenvalue weighted by atomic mass is 9.84. The fraction of sp³-hybridized carbons (Fsp3) is 0.444. The van der Waals surface area contributed by atoms with Gasteiger partial charge in [0.15, 0.2) is 5.96 Å². The molecule has 7 heteroatoms. The molecule has 5 nitrogen and oxygen atoms in total. The second-order valence-corrected chi connectivity index (χ2v) is 6.83. The van der Waals surface area contributed by atoms with E-state index in [1.807, 2.05) is 36.0 Å². The van der Waals surface area contributed by atoms with E-state index >= 15 is 0 Å². The van der Waals surface area contributed by atoms with Crippen molar-refractivity contribution in [3.63, 3.8) is 0 Å². The molecule has 2 aromatic rings. The number of halogens is 2. The third kappa shape index (κ3) is 6.51. The van der Waals surface area contributed by atoms with Crippen LogP contribution in [0.4, 0.5) is 0 Å². The minimum absolute atomic E-state index is 0. The first-order chi connectivity index (χ1) is 11.4. The van der Waals surface area contributed by atoms with Crippen LogP contribution in [0.1, 0.15) is 32.0 Å². The van der Waals surface area contributed by atoms with Gasteiger partial charge in [-0.15, -0.1) is 24.0 Å². The summed E-state index contributed by atoms with van der Waals surface area (Å²) in [6.45, 7) is 8.60. The topological polar surface area (TPSA) is 54.2 Å². The number of rotatable bonds is 6. The van der Waals surface area contributed by atoms with E-state index in [2.05, 4.69) is 47.6 Å². The number of aliphatic imine (C=N–C) groups is 1. The Morgan fingerprint density at radius 1 is 1.28 bits per heavy atom. The summed E-state index contributed by atoms with van der Waals surface area (Å²) >= 11 is 6.12. The van der Waals surface area contributed by atoms with Crippen molar-refractivity contribution in [1.29, 1.82) is 0 Å². The molecule has 0 saturated carbocycles. The van der Waals surface area contributed by atoms with Gasteiger partial charge in [-0.3, -0.25) is 4.68 Å². The van der Waals surface area contributed by atoms with Gasteiger partial charge in [-0.2, -0.15) is 5.10 Å². The Morgan fingerprint density at radius 3 is 2.64 bits per heavy atom. The van der Waals surface area contributed by atoms with Crippen LogP contribution in [-0.2, 0) is 19.0 Å². The summed E-state index contributed by atoms with van der Waals surface area (Å²) < 4.78 is 1.84. The second kappa shape index (κ2) is 10.0. The van der Waals surface area contributed by atoms with Gasteiger partial charge in [0.05, 0.1) is 12.2 Å². The SMILES string of the molecule is CCNC(=NCc1ccnn1C)NCC(C)(C)c1cccc(Cl)c1.I. The second-order valence-electron chi connectivity index (χ2n) is 6.39. The molecule has 0 saturated heterocycles. The van der Waals surface area contributed by atoms with E-state index in [4.69, 9.17) is 11.6 Å². The highest BCUT2D eigenvalue weighted by atomic mass is 127. The van der Waals surface area contributed by atoms with Crippen molar-refractivity contribution < 1.29 is 0 Å². The molecule has 2 rings (SSSR count). The average molecular weight is 476 g/mol. The first-order valence-corrected chi connectivity index (χ1v) is 8.55. The van der Waals surface area contributed by atoms with Gasteiger partial charge in [-0.05, 0) is 30.7 Å². The van der Waals surface area contributed by atoms with Gasteiger partial charge in [-0.25, -0.2) is 4.99 Å². The first-order valence-electron chi connectivity index (χ1n) is 8.17. The largest absolute Gasteiger partial charge is 0.357 e. The molecule has 0 spiro atoms. The van der Waals surface area contributed by atoms with E-state index in [1.54, 1.807) is 6.20 Å². The summed E-state index contributed by atoms with van der Waals surface area (Å²) in [5.74, 6) is 0.800. The first kappa shape index (κ1) is 21.8. The van der Waals surface area contributed by atoms with Gasteiger partial charge in [0.2, 0.25) is 0 Å².